The maximum Gasteiger partial charge on any atom is 0.277 e. The average molecular weight is 406 g/mol. The molecule has 2 aliphatic heterocycles. The van der Waals surface area contributed by atoms with Crippen molar-refractivity contribution in [2.24, 2.45) is 0 Å². The van der Waals surface area contributed by atoms with Crippen molar-refractivity contribution in [1.29, 1.82) is 0 Å². The quantitative estimate of drug-likeness (QED) is 0.793. The van der Waals surface area contributed by atoms with Gasteiger partial charge in [0, 0.05) is 17.5 Å². The molecular formula is C23H22N2O5. The molecule has 1 spiro atoms. The maximum absolute atomic E-state index is 13.3. The summed E-state index contributed by atoms with van der Waals surface area (Å²) in [6, 6.07) is 17.3. The lowest BCUT2D eigenvalue weighted by Gasteiger charge is -2.39. The lowest BCUT2D eigenvalue weighted by molar-refractivity contribution is -0.212. The average Bonchev–Trinajstić information content (AvgIpc) is 3.38. The molecule has 2 aromatic carbocycles. The number of nitrogens with one attached hydrogen (secondary N) is 1. The highest BCUT2D eigenvalue weighted by Gasteiger charge is 2.63. The fourth-order valence-corrected chi connectivity index (χ4v) is 4.44. The van der Waals surface area contributed by atoms with Crippen LogP contribution in [0.25, 0.3) is 0 Å². The van der Waals surface area contributed by atoms with E-state index >= 15 is 0 Å². The van der Waals surface area contributed by atoms with Crippen molar-refractivity contribution in [2.45, 2.75) is 30.9 Å². The first-order chi connectivity index (χ1) is 14.5. The maximum atomic E-state index is 13.3. The van der Waals surface area contributed by atoms with Crippen molar-refractivity contribution >= 4 is 11.8 Å². The van der Waals surface area contributed by atoms with Crippen LogP contribution < -0.4 is 5.32 Å². The van der Waals surface area contributed by atoms with Crippen LogP contribution in [-0.4, -0.2) is 47.6 Å². The Kier molecular flexibility index (Phi) is 4.47. The number of amides is 2. The second kappa shape index (κ2) is 7.05. The van der Waals surface area contributed by atoms with Crippen LogP contribution in [0.5, 0.6) is 0 Å². The lowest BCUT2D eigenvalue weighted by Crippen LogP contribution is -2.55. The first kappa shape index (κ1) is 19.0. The van der Waals surface area contributed by atoms with Gasteiger partial charge in [0.1, 0.15) is 6.04 Å². The van der Waals surface area contributed by atoms with E-state index in [9.17, 15) is 9.59 Å². The molecule has 2 heterocycles. The Morgan fingerprint density at radius 2 is 1.57 bits per heavy atom. The van der Waals surface area contributed by atoms with E-state index in [2.05, 4.69) is 5.32 Å². The van der Waals surface area contributed by atoms with E-state index in [1.807, 2.05) is 19.1 Å². The topological polar surface area (TPSA) is 77.1 Å². The number of rotatable bonds is 3. The minimum atomic E-state index is -1.16. The van der Waals surface area contributed by atoms with Gasteiger partial charge in [-0.3, -0.25) is 9.59 Å². The molecule has 2 bridgehead atoms. The van der Waals surface area contributed by atoms with Crippen molar-refractivity contribution in [2.75, 3.05) is 13.2 Å². The number of hydroxylamine groups is 2. The molecule has 0 radical (unpaired) electrons. The summed E-state index contributed by atoms with van der Waals surface area (Å²) < 4.78 is 12.0. The Morgan fingerprint density at radius 3 is 2.20 bits per heavy atom. The normalized spacial score (nSPS) is 26.5. The molecule has 1 aliphatic carbocycles. The van der Waals surface area contributed by atoms with Crippen LogP contribution in [0.15, 0.2) is 72.3 Å². The number of carbonyl (C=O) groups excluding carboxylic acids is 2. The van der Waals surface area contributed by atoms with Crippen LogP contribution in [0.4, 0.5) is 0 Å². The summed E-state index contributed by atoms with van der Waals surface area (Å²) in [5.74, 6) is -1.66. The Balaban J connectivity index is 1.51. The number of ether oxygens (including phenoxy) is 2. The molecule has 2 fully saturated rings. The monoisotopic (exact) mass is 406 g/mol. The number of hydrogen-bond donors (Lipinski definition) is 1. The first-order valence-corrected chi connectivity index (χ1v) is 9.96. The van der Waals surface area contributed by atoms with Gasteiger partial charge in [0.2, 0.25) is 5.79 Å². The van der Waals surface area contributed by atoms with Gasteiger partial charge in [-0.05, 0) is 42.8 Å². The van der Waals surface area contributed by atoms with E-state index < -0.39 is 17.6 Å². The van der Waals surface area contributed by atoms with Gasteiger partial charge in [0.25, 0.3) is 11.8 Å². The molecule has 154 valence electrons. The molecule has 2 saturated heterocycles. The third kappa shape index (κ3) is 2.94. The Bertz CT molecular complexity index is 1000. The second-order valence-electron chi connectivity index (χ2n) is 7.71. The highest BCUT2D eigenvalue weighted by atomic mass is 16.8. The van der Waals surface area contributed by atoms with Crippen LogP contribution in [0.2, 0.25) is 0 Å². The highest BCUT2D eigenvalue weighted by molar-refractivity contribution is 5.95. The summed E-state index contributed by atoms with van der Waals surface area (Å²) in [7, 11) is 0. The molecule has 7 nitrogen and oxygen atoms in total. The zero-order chi connectivity index (χ0) is 20.8. The summed E-state index contributed by atoms with van der Waals surface area (Å²) in [6.07, 6.45) is 2.12. The fourth-order valence-electron chi connectivity index (χ4n) is 4.44. The van der Waals surface area contributed by atoms with Gasteiger partial charge in [-0.1, -0.05) is 36.4 Å². The third-order valence-corrected chi connectivity index (χ3v) is 5.78. The molecule has 0 aromatic heterocycles. The molecule has 30 heavy (non-hydrogen) atoms. The van der Waals surface area contributed by atoms with Gasteiger partial charge in [0.15, 0.2) is 5.72 Å². The zero-order valence-corrected chi connectivity index (χ0v) is 16.5. The highest BCUT2D eigenvalue weighted by Crippen LogP contribution is 2.48. The van der Waals surface area contributed by atoms with E-state index in [1.54, 1.807) is 54.6 Å². The second-order valence-corrected chi connectivity index (χ2v) is 7.71. The van der Waals surface area contributed by atoms with Crippen LogP contribution in [-0.2, 0) is 14.3 Å². The van der Waals surface area contributed by atoms with Crippen LogP contribution in [0.3, 0.4) is 0 Å². The first-order valence-electron chi connectivity index (χ1n) is 9.96. The van der Waals surface area contributed by atoms with E-state index in [0.29, 0.717) is 30.8 Å². The number of carbonyl (C=O) groups is 2. The third-order valence-electron chi connectivity index (χ3n) is 5.78. The Labute approximate surface area is 174 Å². The van der Waals surface area contributed by atoms with Crippen molar-refractivity contribution in [3.8, 4) is 0 Å². The smallest absolute Gasteiger partial charge is 0.277 e. The number of fused-ring (bicyclic) bond motifs is 3. The Hall–Kier alpha value is -3.00. The van der Waals surface area contributed by atoms with Gasteiger partial charge in [0.05, 0.1) is 13.2 Å². The summed E-state index contributed by atoms with van der Waals surface area (Å²) in [5.41, 5.74) is 0.611. The van der Waals surface area contributed by atoms with Gasteiger partial charge in [-0.2, -0.15) is 0 Å². The molecule has 5 rings (SSSR count). The Morgan fingerprint density at radius 1 is 0.967 bits per heavy atom. The largest absolute Gasteiger partial charge is 0.342 e. The summed E-state index contributed by atoms with van der Waals surface area (Å²) in [6.45, 7) is 2.73. The molecule has 2 atom stereocenters. The molecule has 2 aromatic rings. The lowest BCUT2D eigenvalue weighted by atomic mass is 9.84. The standard InChI is InChI=1S/C23H22N2O5/c1-16-14-22(24-20(26)17-8-4-2-5-9-17)15-19(23(16)28-12-13-29-23)25(30-22)21(27)18-10-6-3-7-11-18/h2-11,14,19H,12-13,15H2,1H3,(H,24,26). The summed E-state index contributed by atoms with van der Waals surface area (Å²) >= 11 is 0. The minimum Gasteiger partial charge on any atom is -0.342 e. The zero-order valence-electron chi connectivity index (χ0n) is 16.5. The van der Waals surface area contributed by atoms with E-state index in [0.717, 1.165) is 5.57 Å². The molecule has 0 saturated carbocycles. The SMILES string of the molecule is CC1=CC2(NC(=O)c3ccccc3)CC(N(C(=O)c3ccccc3)O2)C12OCCO2. The summed E-state index contributed by atoms with van der Waals surface area (Å²) in [5, 5.41) is 4.28. The molecule has 3 aliphatic rings. The van der Waals surface area contributed by atoms with Gasteiger partial charge in [-0.15, -0.1) is 0 Å². The predicted octanol–water partition coefficient (Wildman–Crippen LogP) is 2.66. The van der Waals surface area contributed by atoms with E-state index in [4.69, 9.17) is 14.3 Å². The van der Waals surface area contributed by atoms with E-state index in [-0.39, 0.29) is 11.8 Å². The van der Waals surface area contributed by atoms with Crippen LogP contribution in [0.1, 0.15) is 34.1 Å². The minimum absolute atomic E-state index is 0.281. The molecule has 2 unspecified atom stereocenters. The molecule has 7 heteroatoms. The van der Waals surface area contributed by atoms with Gasteiger partial charge in [-0.25, -0.2) is 9.90 Å². The number of hydrogen-bond acceptors (Lipinski definition) is 5. The van der Waals surface area contributed by atoms with Crippen LogP contribution >= 0.6 is 0 Å². The summed E-state index contributed by atoms with van der Waals surface area (Å²) in [4.78, 5) is 32.3. The van der Waals surface area contributed by atoms with E-state index in [1.165, 1.54) is 5.06 Å². The van der Waals surface area contributed by atoms with Gasteiger partial charge < -0.3 is 14.8 Å². The fraction of sp³-hybridized carbons (Fsp3) is 0.304. The molecule has 2 amide bonds. The van der Waals surface area contributed by atoms with Crippen LogP contribution in [0, 0.1) is 0 Å². The van der Waals surface area contributed by atoms with Crippen molar-refractivity contribution in [3.63, 3.8) is 0 Å². The van der Waals surface area contributed by atoms with Gasteiger partial charge >= 0.3 is 0 Å². The predicted molar refractivity (Wildman–Crippen MR) is 107 cm³/mol. The van der Waals surface area contributed by atoms with Crippen molar-refractivity contribution in [1.82, 2.24) is 10.4 Å². The van der Waals surface area contributed by atoms with Crippen molar-refractivity contribution < 1.29 is 23.9 Å². The molecule has 1 N–H and O–H groups in total. The number of benzene rings is 2. The number of nitrogens with zero attached hydrogens (tertiary/aromatic N) is 1. The van der Waals surface area contributed by atoms with Crippen molar-refractivity contribution in [3.05, 3.63) is 83.4 Å². The molecular weight excluding hydrogens is 384 g/mol.